The van der Waals surface area contributed by atoms with Crippen LogP contribution < -0.4 is 5.73 Å². The maximum absolute atomic E-state index is 5.97. The van der Waals surface area contributed by atoms with Crippen LogP contribution in [0.2, 0.25) is 0 Å². The molecule has 0 radical (unpaired) electrons. The fraction of sp³-hybridized carbons (Fsp3) is 0.923. The van der Waals surface area contributed by atoms with Gasteiger partial charge in [-0.25, -0.2) is 5.01 Å². The molecule has 4 fully saturated rings. The van der Waals surface area contributed by atoms with Crippen molar-refractivity contribution in [1.29, 1.82) is 0 Å². The van der Waals surface area contributed by atoms with E-state index in [4.69, 9.17) is 18.0 Å². The van der Waals surface area contributed by atoms with E-state index in [1.165, 1.54) is 38.5 Å². The Morgan fingerprint density at radius 3 is 1.76 bits per heavy atom. The van der Waals surface area contributed by atoms with Crippen molar-refractivity contribution in [2.45, 2.75) is 44.1 Å². The predicted octanol–water partition coefficient (Wildman–Crippen LogP) is 1.98. The van der Waals surface area contributed by atoms with E-state index in [1.807, 2.05) is 0 Å². The molecule has 0 aromatic carbocycles. The normalized spacial score (nSPS) is 43.1. The van der Waals surface area contributed by atoms with E-state index in [0.29, 0.717) is 5.11 Å². The Hall–Kier alpha value is -0.350. The quantitative estimate of drug-likeness (QED) is 0.602. The molecule has 0 unspecified atom stereocenters. The lowest BCUT2D eigenvalue weighted by Crippen LogP contribution is -2.65. The maximum Gasteiger partial charge on any atom is 0.181 e. The molecule has 4 aliphatic carbocycles. The molecule has 0 amide bonds. The van der Waals surface area contributed by atoms with Crippen LogP contribution in [-0.4, -0.2) is 34.8 Å². The fourth-order valence-electron chi connectivity index (χ4n) is 5.18. The highest BCUT2D eigenvalue weighted by atomic mass is 32.1. The first-order chi connectivity index (χ1) is 8.00. The van der Waals surface area contributed by atoms with Gasteiger partial charge in [0, 0.05) is 14.1 Å². The molecule has 0 aromatic heterocycles. The summed E-state index contributed by atoms with van der Waals surface area (Å²) in [4.78, 5) is 0. The van der Waals surface area contributed by atoms with Gasteiger partial charge >= 0.3 is 0 Å². The van der Waals surface area contributed by atoms with Crippen LogP contribution in [0.25, 0.3) is 0 Å². The van der Waals surface area contributed by atoms with Crippen LogP contribution in [0.3, 0.4) is 0 Å². The van der Waals surface area contributed by atoms with Gasteiger partial charge in [0.15, 0.2) is 5.11 Å². The first-order valence-electron chi connectivity index (χ1n) is 6.77. The van der Waals surface area contributed by atoms with E-state index in [1.54, 1.807) is 0 Å². The summed E-state index contributed by atoms with van der Waals surface area (Å²) in [5.74, 6) is 2.79. The molecule has 96 valence electrons. The van der Waals surface area contributed by atoms with Crippen molar-refractivity contribution in [2.75, 3.05) is 14.1 Å². The van der Waals surface area contributed by atoms with E-state index >= 15 is 0 Å². The van der Waals surface area contributed by atoms with Gasteiger partial charge in [0.2, 0.25) is 0 Å². The van der Waals surface area contributed by atoms with Crippen LogP contribution in [0.15, 0.2) is 0 Å². The maximum atomic E-state index is 5.97. The molecule has 0 aromatic rings. The van der Waals surface area contributed by atoms with Crippen molar-refractivity contribution >= 4 is 17.3 Å². The molecule has 0 heterocycles. The van der Waals surface area contributed by atoms with E-state index < -0.39 is 0 Å². The second-order valence-electron chi connectivity index (χ2n) is 6.64. The van der Waals surface area contributed by atoms with Crippen LogP contribution >= 0.6 is 12.2 Å². The van der Waals surface area contributed by atoms with E-state index in [9.17, 15) is 0 Å². The highest BCUT2D eigenvalue weighted by Crippen LogP contribution is 2.57. The number of hydrogen-bond acceptors (Lipinski definition) is 2. The molecule has 4 heteroatoms. The largest absolute Gasteiger partial charge is 0.375 e. The van der Waals surface area contributed by atoms with Gasteiger partial charge in [-0.05, 0) is 68.5 Å². The van der Waals surface area contributed by atoms with Gasteiger partial charge in [-0.3, -0.25) is 5.01 Å². The van der Waals surface area contributed by atoms with E-state index in [-0.39, 0.29) is 5.54 Å². The van der Waals surface area contributed by atoms with Crippen molar-refractivity contribution < 1.29 is 0 Å². The second kappa shape index (κ2) is 3.82. The van der Waals surface area contributed by atoms with Crippen molar-refractivity contribution in [1.82, 2.24) is 10.0 Å². The van der Waals surface area contributed by atoms with Crippen LogP contribution in [0, 0.1) is 17.8 Å². The van der Waals surface area contributed by atoms with Crippen LogP contribution in [0.1, 0.15) is 38.5 Å². The van der Waals surface area contributed by atoms with Gasteiger partial charge in [-0.2, -0.15) is 0 Å². The molecule has 4 rings (SSSR count). The molecule has 2 N–H and O–H groups in total. The monoisotopic (exact) mass is 253 g/mol. The Labute approximate surface area is 109 Å². The van der Waals surface area contributed by atoms with Crippen LogP contribution in [-0.2, 0) is 0 Å². The van der Waals surface area contributed by atoms with Crippen molar-refractivity contribution in [2.24, 2.45) is 23.5 Å². The third-order valence-corrected chi connectivity index (χ3v) is 5.24. The summed E-state index contributed by atoms with van der Waals surface area (Å²) < 4.78 is 0. The average Bonchev–Trinajstić information content (AvgIpc) is 2.11. The molecular formula is C13H23N3S. The SMILES string of the molecule is CN(C)N(C(N)=S)C12CC3CC(CC(C3)C1)C2. The molecule has 3 nitrogen and oxygen atoms in total. The number of hydrogen-bond donors (Lipinski definition) is 1. The Bertz CT molecular complexity index is 304. The first kappa shape index (κ1) is 11.7. The lowest BCUT2D eigenvalue weighted by molar-refractivity contribution is -0.121. The van der Waals surface area contributed by atoms with Gasteiger partial charge in [0.25, 0.3) is 0 Å². The molecule has 4 bridgehead atoms. The molecule has 0 aliphatic heterocycles. The molecule has 4 saturated carbocycles. The molecule has 17 heavy (non-hydrogen) atoms. The average molecular weight is 253 g/mol. The summed E-state index contributed by atoms with van der Waals surface area (Å²) >= 11 is 5.29. The Morgan fingerprint density at radius 2 is 1.47 bits per heavy atom. The Morgan fingerprint density at radius 1 is 1.06 bits per heavy atom. The molecule has 4 aliphatic rings. The molecule has 0 spiro atoms. The number of nitrogens with zero attached hydrogens (tertiary/aromatic N) is 2. The Kier molecular flexibility index (Phi) is 2.63. The highest BCUT2D eigenvalue weighted by Gasteiger charge is 2.54. The zero-order valence-corrected chi connectivity index (χ0v) is 11.7. The predicted molar refractivity (Wildman–Crippen MR) is 73.2 cm³/mol. The van der Waals surface area contributed by atoms with Gasteiger partial charge in [-0.1, -0.05) is 0 Å². The summed E-state index contributed by atoms with van der Waals surface area (Å²) in [5.41, 5.74) is 6.23. The zero-order valence-electron chi connectivity index (χ0n) is 10.9. The first-order valence-corrected chi connectivity index (χ1v) is 7.18. The summed E-state index contributed by atoms with van der Waals surface area (Å²) in [5, 5.41) is 4.87. The van der Waals surface area contributed by atoms with Gasteiger partial charge in [0.1, 0.15) is 0 Å². The molecular weight excluding hydrogens is 230 g/mol. The van der Waals surface area contributed by atoms with E-state index in [2.05, 4.69) is 24.1 Å². The molecule has 0 atom stereocenters. The second-order valence-corrected chi connectivity index (χ2v) is 7.06. The number of thiocarbonyl (C=S) groups is 1. The smallest absolute Gasteiger partial charge is 0.181 e. The number of rotatable bonds is 2. The van der Waals surface area contributed by atoms with Crippen molar-refractivity contribution in [3.8, 4) is 0 Å². The standard InChI is InChI=1S/C13H23N3S/c1-15(2)16(12(14)17)13-6-9-3-10(7-13)5-11(4-9)8-13/h9-11H,3-8H2,1-2H3,(H2,14,17). The van der Waals surface area contributed by atoms with Crippen molar-refractivity contribution in [3.05, 3.63) is 0 Å². The summed E-state index contributed by atoms with van der Waals surface area (Å²) in [6.45, 7) is 0. The third-order valence-electron chi connectivity index (χ3n) is 5.06. The van der Waals surface area contributed by atoms with Gasteiger partial charge in [-0.15, -0.1) is 0 Å². The minimum absolute atomic E-state index is 0.254. The van der Waals surface area contributed by atoms with Gasteiger partial charge in [0.05, 0.1) is 5.54 Å². The molecule has 0 saturated heterocycles. The summed E-state index contributed by atoms with van der Waals surface area (Å²) in [6, 6.07) is 0. The van der Waals surface area contributed by atoms with Crippen LogP contribution in [0.5, 0.6) is 0 Å². The highest BCUT2D eigenvalue weighted by molar-refractivity contribution is 7.80. The zero-order chi connectivity index (χ0) is 12.2. The third kappa shape index (κ3) is 1.76. The minimum Gasteiger partial charge on any atom is -0.375 e. The number of hydrazine groups is 1. The van der Waals surface area contributed by atoms with E-state index in [0.717, 1.165) is 17.8 Å². The summed E-state index contributed by atoms with van der Waals surface area (Å²) in [7, 11) is 4.13. The lowest BCUT2D eigenvalue weighted by Gasteiger charge is -2.61. The lowest BCUT2D eigenvalue weighted by atomic mass is 9.53. The van der Waals surface area contributed by atoms with Crippen LogP contribution in [0.4, 0.5) is 0 Å². The minimum atomic E-state index is 0.254. The topological polar surface area (TPSA) is 32.5 Å². The van der Waals surface area contributed by atoms with Crippen molar-refractivity contribution in [3.63, 3.8) is 0 Å². The Balaban J connectivity index is 1.92. The summed E-state index contributed by atoms with van der Waals surface area (Å²) in [6.07, 6.45) is 8.27. The fourth-order valence-corrected chi connectivity index (χ4v) is 5.54. The number of nitrogens with two attached hydrogens (primary N) is 1. The van der Waals surface area contributed by atoms with Gasteiger partial charge < -0.3 is 5.73 Å².